The minimum absolute atomic E-state index is 0.104. The Morgan fingerprint density at radius 3 is 2.03 bits per heavy atom. The van der Waals surface area contributed by atoms with Gasteiger partial charge in [-0.25, -0.2) is 13.2 Å². The Labute approximate surface area is 205 Å². The number of carbonyl (C=O) groups excluding carboxylic acids is 1. The van der Waals surface area contributed by atoms with Gasteiger partial charge in [0.05, 0.1) is 10.5 Å². The molecule has 0 fully saturated rings. The minimum atomic E-state index is -4.16. The number of aryl methyl sites for hydroxylation is 1. The number of anilines is 1. The molecule has 35 heavy (non-hydrogen) atoms. The van der Waals surface area contributed by atoms with Crippen LogP contribution in [0.15, 0.2) is 120 Å². The van der Waals surface area contributed by atoms with E-state index < -0.39 is 20.9 Å². The van der Waals surface area contributed by atoms with Gasteiger partial charge in [0, 0.05) is 18.7 Å². The van der Waals surface area contributed by atoms with Crippen molar-refractivity contribution in [3.63, 3.8) is 0 Å². The zero-order chi connectivity index (χ0) is 24.3. The topological polar surface area (TPSA) is 63.7 Å². The molecule has 6 heteroatoms. The highest BCUT2D eigenvalue weighted by Crippen LogP contribution is 2.45. The van der Waals surface area contributed by atoms with Crippen LogP contribution in [0.4, 0.5) is 5.69 Å². The third-order valence-electron chi connectivity index (χ3n) is 6.32. The third kappa shape index (κ3) is 4.21. The summed E-state index contributed by atoms with van der Waals surface area (Å²) in [4.78, 5) is 15.2. The van der Waals surface area contributed by atoms with E-state index in [0.29, 0.717) is 12.0 Å². The van der Waals surface area contributed by atoms with Crippen molar-refractivity contribution in [3.8, 4) is 0 Å². The summed E-state index contributed by atoms with van der Waals surface area (Å²) in [5.41, 5.74) is 2.96. The molecule has 0 N–H and O–H groups in total. The molecule has 1 heterocycles. The molecule has 0 aliphatic carbocycles. The number of ether oxygens (including phenoxy) is 1. The predicted octanol–water partition coefficient (Wildman–Crippen LogP) is 5.62. The molecule has 0 radical (unpaired) electrons. The lowest BCUT2D eigenvalue weighted by Crippen LogP contribution is -2.59. The number of carbonyl (C=O) groups is 1. The van der Waals surface area contributed by atoms with Crippen molar-refractivity contribution >= 4 is 21.5 Å². The summed E-state index contributed by atoms with van der Waals surface area (Å²) in [6.45, 7) is 0.256. The second-order valence-corrected chi connectivity index (χ2v) is 10.6. The average molecular weight is 484 g/mol. The second kappa shape index (κ2) is 9.39. The van der Waals surface area contributed by atoms with Crippen LogP contribution in [0.1, 0.15) is 27.9 Å². The molecule has 0 amide bonds. The standard InChI is InChI=1S/C29H25NO4S/c31-28(25-15-6-2-7-16-25)34-29(35(32,33)26-17-8-3-9-18-26)21-20-24-14-10-11-19-27(24)30(29)22-23-12-4-1-5-13-23/h1-19H,20-22H2. The molecule has 5 nitrogen and oxygen atoms in total. The van der Waals surface area contributed by atoms with Crippen molar-refractivity contribution < 1.29 is 17.9 Å². The molecule has 1 aliphatic rings. The van der Waals surface area contributed by atoms with Crippen LogP contribution < -0.4 is 4.90 Å². The molecule has 1 atom stereocenters. The molecule has 0 saturated carbocycles. The summed E-state index contributed by atoms with van der Waals surface area (Å²) < 4.78 is 34.9. The average Bonchev–Trinajstić information content (AvgIpc) is 2.91. The first-order valence-electron chi connectivity index (χ1n) is 11.5. The van der Waals surface area contributed by atoms with E-state index >= 15 is 0 Å². The molecule has 4 aromatic carbocycles. The van der Waals surface area contributed by atoms with E-state index in [9.17, 15) is 13.2 Å². The van der Waals surface area contributed by atoms with Crippen LogP contribution in [-0.4, -0.2) is 19.4 Å². The van der Waals surface area contributed by atoms with E-state index in [0.717, 1.165) is 16.8 Å². The van der Waals surface area contributed by atoms with Gasteiger partial charge in [0.15, 0.2) is 0 Å². The molecule has 4 aromatic rings. The predicted molar refractivity (Wildman–Crippen MR) is 136 cm³/mol. The first-order chi connectivity index (χ1) is 17.0. The molecular weight excluding hydrogens is 458 g/mol. The van der Waals surface area contributed by atoms with Gasteiger partial charge in [0.2, 0.25) is 9.84 Å². The molecule has 176 valence electrons. The van der Waals surface area contributed by atoms with E-state index in [1.807, 2.05) is 54.6 Å². The number of rotatable bonds is 6. The van der Waals surface area contributed by atoms with Crippen molar-refractivity contribution in [1.82, 2.24) is 0 Å². The minimum Gasteiger partial charge on any atom is -0.420 e. The first-order valence-corrected chi connectivity index (χ1v) is 13.0. The Balaban J connectivity index is 1.71. The van der Waals surface area contributed by atoms with Crippen LogP contribution in [0.2, 0.25) is 0 Å². The Morgan fingerprint density at radius 2 is 1.34 bits per heavy atom. The van der Waals surface area contributed by atoms with Gasteiger partial charge in [-0.3, -0.25) is 0 Å². The molecule has 1 unspecified atom stereocenters. The van der Waals surface area contributed by atoms with Crippen molar-refractivity contribution in [1.29, 1.82) is 0 Å². The molecule has 5 rings (SSSR count). The van der Waals surface area contributed by atoms with E-state index in [4.69, 9.17) is 4.74 Å². The quantitative estimate of drug-likeness (QED) is 0.333. The fraction of sp³-hybridized carbons (Fsp3) is 0.138. The van der Waals surface area contributed by atoms with E-state index in [-0.39, 0.29) is 17.9 Å². The Bertz CT molecular complexity index is 1420. The molecule has 0 saturated heterocycles. The molecule has 0 spiro atoms. The summed E-state index contributed by atoms with van der Waals surface area (Å²) in [6, 6.07) is 34.0. The lowest BCUT2D eigenvalue weighted by molar-refractivity contribution is 0.0101. The van der Waals surface area contributed by atoms with Gasteiger partial charge in [0.25, 0.3) is 5.06 Å². The summed E-state index contributed by atoms with van der Waals surface area (Å²) >= 11 is 0. The fourth-order valence-electron chi connectivity index (χ4n) is 4.57. The number of esters is 1. The van der Waals surface area contributed by atoms with Crippen molar-refractivity contribution in [3.05, 3.63) is 132 Å². The second-order valence-electron chi connectivity index (χ2n) is 8.49. The lowest BCUT2D eigenvalue weighted by atomic mass is 9.99. The van der Waals surface area contributed by atoms with Gasteiger partial charge >= 0.3 is 5.97 Å². The number of benzene rings is 4. The fourth-order valence-corrected chi connectivity index (χ4v) is 6.46. The normalized spacial score (nSPS) is 17.4. The Morgan fingerprint density at radius 1 is 0.771 bits per heavy atom. The van der Waals surface area contributed by atoms with Crippen LogP contribution >= 0.6 is 0 Å². The number of hydrogen-bond acceptors (Lipinski definition) is 5. The van der Waals surface area contributed by atoms with Gasteiger partial charge in [-0.15, -0.1) is 0 Å². The molecular formula is C29H25NO4S. The van der Waals surface area contributed by atoms with E-state index in [1.165, 1.54) is 0 Å². The zero-order valence-corrected chi connectivity index (χ0v) is 19.9. The van der Waals surface area contributed by atoms with Crippen LogP contribution in [0.3, 0.4) is 0 Å². The molecule has 1 aliphatic heterocycles. The highest BCUT2D eigenvalue weighted by molar-refractivity contribution is 7.92. The van der Waals surface area contributed by atoms with Crippen LogP contribution in [-0.2, 0) is 27.5 Å². The van der Waals surface area contributed by atoms with Crippen molar-refractivity contribution in [2.24, 2.45) is 0 Å². The summed E-state index contributed by atoms with van der Waals surface area (Å²) in [7, 11) is -4.16. The number of sulfone groups is 1. The lowest BCUT2D eigenvalue weighted by Gasteiger charge is -2.47. The number of hydrogen-bond donors (Lipinski definition) is 0. The Hall–Kier alpha value is -3.90. The third-order valence-corrected chi connectivity index (χ3v) is 8.56. The van der Waals surface area contributed by atoms with E-state index in [2.05, 4.69) is 0 Å². The number of fused-ring (bicyclic) bond motifs is 1. The van der Waals surface area contributed by atoms with Gasteiger partial charge in [0.1, 0.15) is 0 Å². The summed E-state index contributed by atoms with van der Waals surface area (Å²) in [5, 5.41) is -1.93. The van der Waals surface area contributed by atoms with Gasteiger partial charge in [-0.2, -0.15) is 0 Å². The van der Waals surface area contributed by atoms with Crippen LogP contribution in [0, 0.1) is 0 Å². The summed E-state index contributed by atoms with van der Waals surface area (Å²) in [5.74, 6) is -0.678. The Kier molecular flexibility index (Phi) is 6.14. The van der Waals surface area contributed by atoms with Gasteiger partial charge in [-0.1, -0.05) is 84.9 Å². The number of nitrogens with zero attached hydrogens (tertiary/aromatic N) is 1. The zero-order valence-electron chi connectivity index (χ0n) is 19.1. The largest absolute Gasteiger partial charge is 0.420 e. The molecule has 0 bridgehead atoms. The highest BCUT2D eigenvalue weighted by atomic mass is 32.2. The van der Waals surface area contributed by atoms with Crippen molar-refractivity contribution in [2.75, 3.05) is 4.90 Å². The smallest absolute Gasteiger partial charge is 0.341 e. The van der Waals surface area contributed by atoms with Crippen LogP contribution in [0.5, 0.6) is 0 Å². The van der Waals surface area contributed by atoms with E-state index in [1.54, 1.807) is 65.6 Å². The molecule has 0 aromatic heterocycles. The number of para-hydroxylation sites is 1. The maximum absolute atomic E-state index is 14.4. The van der Waals surface area contributed by atoms with Crippen molar-refractivity contribution in [2.45, 2.75) is 29.3 Å². The maximum Gasteiger partial charge on any atom is 0.341 e. The summed E-state index contributed by atoms with van der Waals surface area (Å²) in [6.07, 6.45) is 0.558. The monoisotopic (exact) mass is 483 g/mol. The highest BCUT2D eigenvalue weighted by Gasteiger charge is 2.55. The van der Waals surface area contributed by atoms with Crippen LogP contribution in [0.25, 0.3) is 0 Å². The first kappa shape index (κ1) is 22.9. The SMILES string of the molecule is O=C(OC1(S(=O)(=O)c2ccccc2)CCc2ccccc2N1Cc1ccccc1)c1ccccc1. The van der Waals surface area contributed by atoms with Gasteiger partial charge < -0.3 is 9.64 Å². The maximum atomic E-state index is 14.4. The van der Waals surface area contributed by atoms with Gasteiger partial charge in [-0.05, 0) is 47.9 Å².